The quantitative estimate of drug-likeness (QED) is 0.797. The van der Waals surface area contributed by atoms with E-state index in [1.54, 1.807) is 19.2 Å². The number of carbonyl (C=O) groups excluding carboxylic acids is 1. The standard InChI is InChI=1S/C13H21N3O2/c1-4-11-5-10(6-12(14)16-11)13(17)15-7-9(2)8-18-3/h5-6,9H,4,7-8H2,1-3H3,(H2,14,16)(H,15,17). The number of nitrogens with zero attached hydrogens (tertiary/aromatic N) is 1. The summed E-state index contributed by atoms with van der Waals surface area (Å²) in [5, 5.41) is 2.86. The first kappa shape index (κ1) is 14.4. The topological polar surface area (TPSA) is 77.2 Å². The van der Waals surface area contributed by atoms with E-state index in [1.165, 1.54) is 0 Å². The smallest absolute Gasteiger partial charge is 0.251 e. The molecule has 0 aliphatic carbocycles. The molecule has 0 fully saturated rings. The van der Waals surface area contributed by atoms with Crippen molar-refractivity contribution >= 4 is 11.7 Å². The molecular weight excluding hydrogens is 230 g/mol. The van der Waals surface area contributed by atoms with Gasteiger partial charge in [0.05, 0.1) is 6.61 Å². The summed E-state index contributed by atoms with van der Waals surface area (Å²) in [6, 6.07) is 3.36. The first-order valence-electron chi connectivity index (χ1n) is 6.10. The van der Waals surface area contributed by atoms with E-state index in [-0.39, 0.29) is 11.8 Å². The van der Waals surface area contributed by atoms with Crippen LogP contribution in [-0.2, 0) is 11.2 Å². The van der Waals surface area contributed by atoms with Gasteiger partial charge >= 0.3 is 0 Å². The summed E-state index contributed by atoms with van der Waals surface area (Å²) in [6.07, 6.45) is 0.755. The van der Waals surface area contributed by atoms with Crippen molar-refractivity contribution in [1.29, 1.82) is 0 Å². The second-order valence-corrected chi connectivity index (χ2v) is 4.40. The van der Waals surface area contributed by atoms with Gasteiger partial charge in [-0.3, -0.25) is 4.79 Å². The van der Waals surface area contributed by atoms with E-state index in [9.17, 15) is 4.79 Å². The van der Waals surface area contributed by atoms with E-state index < -0.39 is 0 Å². The van der Waals surface area contributed by atoms with Crippen LogP contribution in [0.4, 0.5) is 5.82 Å². The SMILES string of the molecule is CCc1cc(C(=O)NCC(C)COC)cc(N)n1. The summed E-state index contributed by atoms with van der Waals surface area (Å²) < 4.78 is 5.02. The number of anilines is 1. The number of carbonyl (C=O) groups is 1. The van der Waals surface area contributed by atoms with Crippen LogP contribution < -0.4 is 11.1 Å². The van der Waals surface area contributed by atoms with Crippen molar-refractivity contribution in [2.24, 2.45) is 5.92 Å². The maximum absolute atomic E-state index is 11.9. The van der Waals surface area contributed by atoms with E-state index in [4.69, 9.17) is 10.5 Å². The number of nitrogen functional groups attached to an aromatic ring is 1. The molecule has 5 nitrogen and oxygen atoms in total. The Balaban J connectivity index is 2.63. The van der Waals surface area contributed by atoms with E-state index in [2.05, 4.69) is 10.3 Å². The predicted octanol–water partition coefficient (Wildman–Crippen LogP) is 1.24. The number of rotatable bonds is 6. The van der Waals surface area contributed by atoms with E-state index in [1.807, 2.05) is 13.8 Å². The Morgan fingerprint density at radius 3 is 2.89 bits per heavy atom. The third-order valence-corrected chi connectivity index (χ3v) is 2.58. The fraction of sp³-hybridized carbons (Fsp3) is 0.538. The summed E-state index contributed by atoms with van der Waals surface area (Å²) in [7, 11) is 1.65. The lowest BCUT2D eigenvalue weighted by atomic mass is 10.1. The van der Waals surface area contributed by atoms with Crippen molar-refractivity contribution in [3.8, 4) is 0 Å². The molecule has 1 heterocycles. The molecule has 0 aliphatic rings. The third-order valence-electron chi connectivity index (χ3n) is 2.58. The van der Waals surface area contributed by atoms with Crippen LogP contribution in [0.1, 0.15) is 29.9 Å². The number of nitrogens with one attached hydrogen (secondary N) is 1. The van der Waals surface area contributed by atoms with Crippen molar-refractivity contribution in [1.82, 2.24) is 10.3 Å². The van der Waals surface area contributed by atoms with Gasteiger partial charge in [0.25, 0.3) is 5.91 Å². The number of amides is 1. The molecule has 0 spiro atoms. The molecule has 0 radical (unpaired) electrons. The van der Waals surface area contributed by atoms with Gasteiger partial charge < -0.3 is 15.8 Å². The van der Waals surface area contributed by atoms with Gasteiger partial charge in [0, 0.05) is 24.9 Å². The van der Waals surface area contributed by atoms with Gasteiger partial charge in [-0.1, -0.05) is 13.8 Å². The molecule has 0 bridgehead atoms. The highest BCUT2D eigenvalue weighted by molar-refractivity contribution is 5.94. The van der Waals surface area contributed by atoms with Gasteiger partial charge in [-0.2, -0.15) is 0 Å². The van der Waals surface area contributed by atoms with Gasteiger partial charge in [-0.25, -0.2) is 4.98 Å². The molecule has 0 aromatic carbocycles. The van der Waals surface area contributed by atoms with Crippen LogP contribution in [-0.4, -0.2) is 31.2 Å². The second kappa shape index (κ2) is 6.96. The van der Waals surface area contributed by atoms with Gasteiger partial charge in [-0.05, 0) is 24.5 Å². The number of ether oxygens (including phenoxy) is 1. The summed E-state index contributed by atoms with van der Waals surface area (Å²) in [6.45, 7) is 5.20. The fourth-order valence-corrected chi connectivity index (χ4v) is 1.64. The van der Waals surface area contributed by atoms with Gasteiger partial charge in [0.1, 0.15) is 5.82 Å². The second-order valence-electron chi connectivity index (χ2n) is 4.40. The first-order chi connectivity index (χ1) is 8.56. The highest BCUT2D eigenvalue weighted by Gasteiger charge is 2.10. The minimum absolute atomic E-state index is 0.123. The zero-order valence-corrected chi connectivity index (χ0v) is 11.2. The minimum Gasteiger partial charge on any atom is -0.384 e. The van der Waals surface area contributed by atoms with Gasteiger partial charge in [-0.15, -0.1) is 0 Å². The van der Waals surface area contributed by atoms with Crippen molar-refractivity contribution < 1.29 is 9.53 Å². The molecule has 1 amide bonds. The molecule has 1 rings (SSSR count). The van der Waals surface area contributed by atoms with E-state index >= 15 is 0 Å². The lowest BCUT2D eigenvalue weighted by Gasteiger charge is -2.12. The average molecular weight is 251 g/mol. The molecule has 1 aromatic heterocycles. The van der Waals surface area contributed by atoms with Crippen LogP contribution in [0.3, 0.4) is 0 Å². The number of nitrogens with two attached hydrogens (primary N) is 1. The molecule has 1 unspecified atom stereocenters. The lowest BCUT2D eigenvalue weighted by molar-refractivity contribution is 0.0934. The summed E-state index contributed by atoms with van der Waals surface area (Å²) in [5.41, 5.74) is 7.05. The zero-order chi connectivity index (χ0) is 13.5. The van der Waals surface area contributed by atoms with Gasteiger partial charge in [0.15, 0.2) is 0 Å². The largest absolute Gasteiger partial charge is 0.384 e. The molecule has 5 heteroatoms. The number of hydrogen-bond acceptors (Lipinski definition) is 4. The summed E-state index contributed by atoms with van der Waals surface area (Å²) >= 11 is 0. The number of hydrogen-bond donors (Lipinski definition) is 2. The highest BCUT2D eigenvalue weighted by atomic mass is 16.5. The Morgan fingerprint density at radius 2 is 2.28 bits per heavy atom. The fourth-order valence-electron chi connectivity index (χ4n) is 1.64. The predicted molar refractivity (Wildman–Crippen MR) is 71.4 cm³/mol. The highest BCUT2D eigenvalue weighted by Crippen LogP contribution is 2.08. The molecule has 0 saturated heterocycles. The number of methoxy groups -OCH3 is 1. The van der Waals surface area contributed by atoms with Crippen molar-refractivity contribution in [3.05, 3.63) is 23.4 Å². The molecular formula is C13H21N3O2. The van der Waals surface area contributed by atoms with Crippen LogP contribution in [0.5, 0.6) is 0 Å². The van der Waals surface area contributed by atoms with Crippen LogP contribution in [0.25, 0.3) is 0 Å². The number of aromatic nitrogens is 1. The van der Waals surface area contributed by atoms with Crippen LogP contribution in [0, 0.1) is 5.92 Å². The van der Waals surface area contributed by atoms with E-state index in [0.29, 0.717) is 24.5 Å². The molecule has 100 valence electrons. The maximum atomic E-state index is 11.9. The Morgan fingerprint density at radius 1 is 1.56 bits per heavy atom. The molecule has 0 aliphatic heterocycles. The molecule has 1 aromatic rings. The monoisotopic (exact) mass is 251 g/mol. The van der Waals surface area contributed by atoms with Crippen molar-refractivity contribution in [2.45, 2.75) is 20.3 Å². The van der Waals surface area contributed by atoms with E-state index in [0.717, 1.165) is 12.1 Å². The zero-order valence-electron chi connectivity index (χ0n) is 11.2. The van der Waals surface area contributed by atoms with Crippen molar-refractivity contribution in [3.63, 3.8) is 0 Å². The normalized spacial score (nSPS) is 12.2. The Labute approximate surface area is 108 Å². The molecule has 3 N–H and O–H groups in total. The molecule has 18 heavy (non-hydrogen) atoms. The van der Waals surface area contributed by atoms with Crippen LogP contribution >= 0.6 is 0 Å². The Bertz CT molecular complexity index is 407. The van der Waals surface area contributed by atoms with Crippen LogP contribution in [0.15, 0.2) is 12.1 Å². The van der Waals surface area contributed by atoms with Crippen molar-refractivity contribution in [2.75, 3.05) is 26.0 Å². The molecule has 1 atom stereocenters. The summed E-state index contributed by atoms with van der Waals surface area (Å²) in [5.74, 6) is 0.537. The summed E-state index contributed by atoms with van der Waals surface area (Å²) in [4.78, 5) is 16.1. The van der Waals surface area contributed by atoms with Gasteiger partial charge in [0.2, 0.25) is 0 Å². The third kappa shape index (κ3) is 4.33. The first-order valence-corrected chi connectivity index (χ1v) is 6.10. The maximum Gasteiger partial charge on any atom is 0.251 e. The lowest BCUT2D eigenvalue weighted by Crippen LogP contribution is -2.30. The number of aryl methyl sites for hydroxylation is 1. The average Bonchev–Trinajstić information content (AvgIpc) is 2.35. The minimum atomic E-state index is -0.123. The Hall–Kier alpha value is -1.62. The number of pyridine rings is 1. The Kier molecular flexibility index (Phi) is 5.58. The van der Waals surface area contributed by atoms with Crippen LogP contribution in [0.2, 0.25) is 0 Å². The molecule has 0 saturated carbocycles.